The maximum atomic E-state index is 5.89. The van der Waals surface area contributed by atoms with Crippen molar-refractivity contribution in [3.05, 3.63) is 17.5 Å². The van der Waals surface area contributed by atoms with E-state index in [2.05, 4.69) is 19.5 Å². The molecule has 2 N–H and O–H groups in total. The second kappa shape index (κ2) is 5.33. The molecule has 0 amide bonds. The largest absolute Gasteiger partial charge is 0.338 e. The molecular weight excluding hydrogens is 270 g/mol. The van der Waals surface area contributed by atoms with Gasteiger partial charge in [-0.05, 0) is 25.4 Å². The van der Waals surface area contributed by atoms with E-state index in [0.29, 0.717) is 17.5 Å². The molecule has 0 aliphatic carbocycles. The van der Waals surface area contributed by atoms with Gasteiger partial charge in [0.05, 0.1) is 11.3 Å². The van der Waals surface area contributed by atoms with E-state index in [1.807, 2.05) is 20.8 Å². The van der Waals surface area contributed by atoms with Crippen molar-refractivity contribution < 1.29 is 4.52 Å². The number of aryl methyl sites for hydroxylation is 1. The number of rotatable bonds is 5. The predicted octanol–water partition coefficient (Wildman–Crippen LogP) is 1.97. The molecule has 0 aliphatic heterocycles. The van der Waals surface area contributed by atoms with Gasteiger partial charge in [0, 0.05) is 6.42 Å². The lowest BCUT2D eigenvalue weighted by atomic mass is 10.1. The number of thioether (sulfide) groups is 1. The smallest absolute Gasteiger partial charge is 0.237 e. The molecule has 6 nitrogen and oxygen atoms in total. The maximum absolute atomic E-state index is 5.89. The Hall–Kier alpha value is -0.990. The van der Waals surface area contributed by atoms with Crippen molar-refractivity contribution in [2.24, 2.45) is 5.73 Å². The van der Waals surface area contributed by atoms with Crippen LogP contribution in [0.25, 0.3) is 0 Å². The molecule has 0 aliphatic rings. The van der Waals surface area contributed by atoms with Crippen molar-refractivity contribution in [3.63, 3.8) is 0 Å². The van der Waals surface area contributed by atoms with Crippen LogP contribution in [0.3, 0.4) is 0 Å². The Bertz CT molecular complexity index is 516. The van der Waals surface area contributed by atoms with Gasteiger partial charge in [0.2, 0.25) is 5.89 Å². The zero-order chi connectivity index (χ0) is 13.2. The Balaban J connectivity index is 1.96. The van der Waals surface area contributed by atoms with Crippen LogP contribution in [0.2, 0.25) is 0 Å². The second-order valence-electron chi connectivity index (χ2n) is 4.35. The zero-order valence-corrected chi connectivity index (χ0v) is 12.1. The number of hydrogen-bond donors (Lipinski definition) is 1. The van der Waals surface area contributed by atoms with Crippen LogP contribution in [-0.2, 0) is 17.7 Å². The van der Waals surface area contributed by atoms with E-state index in [4.69, 9.17) is 10.3 Å². The van der Waals surface area contributed by atoms with E-state index >= 15 is 0 Å². The molecule has 0 fully saturated rings. The first-order chi connectivity index (χ1) is 8.49. The van der Waals surface area contributed by atoms with E-state index in [9.17, 15) is 0 Å². The molecular formula is C10H15N5OS2. The summed E-state index contributed by atoms with van der Waals surface area (Å²) in [6.45, 7) is 5.71. The van der Waals surface area contributed by atoms with E-state index < -0.39 is 5.54 Å². The van der Waals surface area contributed by atoms with E-state index in [-0.39, 0.29) is 0 Å². The fraction of sp³-hybridized carbons (Fsp3) is 0.600. The third-order valence-corrected chi connectivity index (χ3v) is 3.99. The van der Waals surface area contributed by atoms with Gasteiger partial charge in [-0.3, -0.25) is 0 Å². The van der Waals surface area contributed by atoms with Gasteiger partial charge in [0.25, 0.3) is 0 Å². The fourth-order valence-electron chi connectivity index (χ4n) is 1.14. The molecule has 0 saturated carbocycles. The van der Waals surface area contributed by atoms with E-state index in [1.165, 1.54) is 11.5 Å². The van der Waals surface area contributed by atoms with Crippen LogP contribution < -0.4 is 5.73 Å². The third kappa shape index (κ3) is 3.27. The van der Waals surface area contributed by atoms with Gasteiger partial charge in [-0.25, -0.2) is 4.98 Å². The summed E-state index contributed by atoms with van der Waals surface area (Å²) < 4.78 is 10.3. The first kappa shape index (κ1) is 13.4. The molecule has 0 radical (unpaired) electrons. The Morgan fingerprint density at radius 1 is 1.39 bits per heavy atom. The van der Waals surface area contributed by atoms with Crippen LogP contribution in [0.4, 0.5) is 0 Å². The Morgan fingerprint density at radius 3 is 2.72 bits per heavy atom. The Morgan fingerprint density at radius 2 is 2.17 bits per heavy atom. The van der Waals surface area contributed by atoms with Gasteiger partial charge in [-0.1, -0.05) is 23.8 Å². The minimum absolute atomic E-state index is 0.518. The molecule has 0 saturated heterocycles. The summed E-state index contributed by atoms with van der Waals surface area (Å²) in [6.07, 6.45) is 0.850. The monoisotopic (exact) mass is 285 g/mol. The Labute approximate surface area is 114 Å². The van der Waals surface area contributed by atoms with Gasteiger partial charge < -0.3 is 10.3 Å². The highest BCUT2D eigenvalue weighted by Gasteiger charge is 2.21. The lowest BCUT2D eigenvalue weighted by Crippen LogP contribution is -2.30. The molecule has 2 aromatic rings. The molecule has 0 unspecified atom stereocenters. The van der Waals surface area contributed by atoms with Gasteiger partial charge >= 0.3 is 0 Å². The molecule has 18 heavy (non-hydrogen) atoms. The molecule has 2 heterocycles. The van der Waals surface area contributed by atoms with Gasteiger partial charge in [-0.15, -0.1) is 0 Å². The minimum atomic E-state index is -0.579. The molecule has 0 spiro atoms. The second-order valence-corrected chi connectivity index (χ2v) is 6.33. The van der Waals surface area contributed by atoms with Crippen LogP contribution >= 0.6 is 23.3 Å². The molecule has 2 rings (SSSR count). The lowest BCUT2D eigenvalue weighted by molar-refractivity contribution is 0.370. The first-order valence-corrected chi connectivity index (χ1v) is 7.32. The van der Waals surface area contributed by atoms with Crippen molar-refractivity contribution in [1.29, 1.82) is 0 Å². The fourth-order valence-corrected chi connectivity index (χ4v) is 2.67. The van der Waals surface area contributed by atoms with E-state index in [0.717, 1.165) is 16.6 Å². The van der Waals surface area contributed by atoms with Crippen molar-refractivity contribution >= 4 is 23.3 Å². The predicted molar refractivity (Wildman–Crippen MR) is 70.4 cm³/mol. The van der Waals surface area contributed by atoms with Gasteiger partial charge in [0.1, 0.15) is 5.82 Å². The standard InChI is InChI=1S/C10H15N5OS2/c1-4-6-12-9(18-15-6)17-5-7-13-8(14-16-7)10(2,3)11/h4-5,11H2,1-3H3. The minimum Gasteiger partial charge on any atom is -0.338 e. The summed E-state index contributed by atoms with van der Waals surface area (Å²) in [4.78, 5) is 8.61. The summed E-state index contributed by atoms with van der Waals surface area (Å²) in [5.74, 6) is 2.53. The van der Waals surface area contributed by atoms with Crippen LogP contribution in [0.15, 0.2) is 8.86 Å². The maximum Gasteiger partial charge on any atom is 0.237 e. The summed E-state index contributed by atoms with van der Waals surface area (Å²) in [6, 6.07) is 0. The summed E-state index contributed by atoms with van der Waals surface area (Å²) in [5.41, 5.74) is 5.31. The number of nitrogens with two attached hydrogens (primary N) is 1. The molecule has 0 atom stereocenters. The van der Waals surface area contributed by atoms with Crippen LogP contribution in [0.5, 0.6) is 0 Å². The third-order valence-electron chi connectivity index (χ3n) is 2.13. The summed E-state index contributed by atoms with van der Waals surface area (Å²) in [7, 11) is 0. The molecule has 98 valence electrons. The first-order valence-electron chi connectivity index (χ1n) is 5.56. The molecule has 0 aromatic carbocycles. The topological polar surface area (TPSA) is 90.7 Å². The SMILES string of the molecule is CCc1nsc(SCc2nc(C(C)(C)N)no2)n1. The highest BCUT2D eigenvalue weighted by Crippen LogP contribution is 2.24. The summed E-state index contributed by atoms with van der Waals surface area (Å²) in [5, 5.41) is 3.86. The van der Waals surface area contributed by atoms with Crippen molar-refractivity contribution in [1.82, 2.24) is 19.5 Å². The van der Waals surface area contributed by atoms with Gasteiger partial charge in [0.15, 0.2) is 10.2 Å². The average molecular weight is 285 g/mol. The van der Waals surface area contributed by atoms with Crippen LogP contribution in [-0.4, -0.2) is 19.5 Å². The van der Waals surface area contributed by atoms with Crippen LogP contribution in [0.1, 0.15) is 38.3 Å². The van der Waals surface area contributed by atoms with Crippen LogP contribution in [0, 0.1) is 0 Å². The lowest BCUT2D eigenvalue weighted by Gasteiger charge is -2.11. The number of nitrogens with zero attached hydrogens (tertiary/aromatic N) is 4. The molecule has 8 heteroatoms. The van der Waals surface area contributed by atoms with E-state index in [1.54, 1.807) is 11.8 Å². The Kier molecular flexibility index (Phi) is 3.98. The number of hydrogen-bond acceptors (Lipinski definition) is 8. The summed E-state index contributed by atoms with van der Waals surface area (Å²) >= 11 is 2.93. The molecule has 0 bridgehead atoms. The number of aromatic nitrogens is 4. The van der Waals surface area contributed by atoms with Gasteiger partial charge in [-0.2, -0.15) is 9.36 Å². The highest BCUT2D eigenvalue weighted by atomic mass is 32.2. The average Bonchev–Trinajstić information content (AvgIpc) is 2.94. The van der Waals surface area contributed by atoms with Crippen molar-refractivity contribution in [2.75, 3.05) is 0 Å². The quantitative estimate of drug-likeness (QED) is 0.840. The van der Waals surface area contributed by atoms with Crippen molar-refractivity contribution in [3.8, 4) is 0 Å². The van der Waals surface area contributed by atoms with Crippen molar-refractivity contribution in [2.45, 2.75) is 42.8 Å². The zero-order valence-electron chi connectivity index (χ0n) is 10.5. The highest BCUT2D eigenvalue weighted by molar-refractivity contribution is 8.00. The molecule has 2 aromatic heterocycles. The normalized spacial score (nSPS) is 12.0.